The molecule has 1 nitrogen and oxygen atoms in total. The lowest BCUT2D eigenvalue weighted by molar-refractivity contribution is 0.101. The molecule has 0 fully saturated rings. The minimum Gasteiger partial charge on any atom is -0.295 e. The van der Waals surface area contributed by atoms with Gasteiger partial charge in [0.2, 0.25) is 0 Å². The largest absolute Gasteiger partial charge is 0.295 e. The van der Waals surface area contributed by atoms with Crippen molar-refractivity contribution in [1.29, 1.82) is 0 Å². The van der Waals surface area contributed by atoms with Crippen LogP contribution < -0.4 is 0 Å². The molecule has 0 aliphatic carbocycles. The quantitative estimate of drug-likeness (QED) is 0.664. The standard InChI is InChI=1S/C11H14O.C2H6/c1-3-6-10-7-4-5-8-11(10)9(2)12;1-2/h4-5,7-8H,3,6H2,1-2H3;1-2H3. The van der Waals surface area contributed by atoms with E-state index >= 15 is 0 Å². The lowest BCUT2D eigenvalue weighted by Crippen LogP contribution is -1.98. The molecule has 0 spiro atoms. The minimum atomic E-state index is 0.166. The molecule has 0 aliphatic rings. The van der Waals surface area contributed by atoms with Crippen molar-refractivity contribution in [3.05, 3.63) is 35.4 Å². The minimum absolute atomic E-state index is 0.166. The van der Waals surface area contributed by atoms with Gasteiger partial charge in [-0.15, -0.1) is 0 Å². The Labute approximate surface area is 87.2 Å². The van der Waals surface area contributed by atoms with Gasteiger partial charge in [-0.2, -0.15) is 0 Å². The number of hydrogen-bond acceptors (Lipinski definition) is 1. The monoisotopic (exact) mass is 192 g/mol. The number of Topliss-reactive ketones (excluding diaryl/α,β-unsaturated/α-hetero) is 1. The van der Waals surface area contributed by atoms with Gasteiger partial charge in [0.25, 0.3) is 0 Å². The van der Waals surface area contributed by atoms with Crippen LogP contribution in [0.5, 0.6) is 0 Å². The fraction of sp³-hybridized carbons (Fsp3) is 0.462. The first-order valence-electron chi connectivity index (χ1n) is 5.34. The Morgan fingerprint density at radius 3 is 2.29 bits per heavy atom. The van der Waals surface area contributed by atoms with E-state index in [0.29, 0.717) is 0 Å². The molecule has 1 rings (SSSR count). The maximum atomic E-state index is 11.1. The van der Waals surface area contributed by atoms with Crippen LogP contribution in [0.25, 0.3) is 0 Å². The van der Waals surface area contributed by atoms with Crippen LogP contribution in [0.15, 0.2) is 24.3 Å². The molecule has 0 aliphatic heterocycles. The van der Waals surface area contributed by atoms with Gasteiger partial charge in [-0.25, -0.2) is 0 Å². The summed E-state index contributed by atoms with van der Waals surface area (Å²) in [5, 5.41) is 0. The summed E-state index contributed by atoms with van der Waals surface area (Å²) < 4.78 is 0. The second-order valence-corrected chi connectivity index (χ2v) is 2.96. The lowest BCUT2D eigenvalue weighted by atomic mass is 10.0. The summed E-state index contributed by atoms with van der Waals surface area (Å²) in [6.45, 7) is 7.74. The molecule has 0 saturated heterocycles. The van der Waals surface area contributed by atoms with Gasteiger partial charge in [0.05, 0.1) is 0 Å². The third kappa shape index (κ3) is 3.73. The highest BCUT2D eigenvalue weighted by molar-refractivity contribution is 5.95. The molecule has 14 heavy (non-hydrogen) atoms. The maximum Gasteiger partial charge on any atom is 0.160 e. The molecule has 0 unspecified atom stereocenters. The number of carbonyl (C=O) groups excluding carboxylic acids is 1. The van der Waals surface area contributed by atoms with Crippen molar-refractivity contribution in [3.8, 4) is 0 Å². The summed E-state index contributed by atoms with van der Waals surface area (Å²) in [6, 6.07) is 7.82. The van der Waals surface area contributed by atoms with Crippen LogP contribution in [0, 0.1) is 0 Å². The van der Waals surface area contributed by atoms with E-state index in [9.17, 15) is 4.79 Å². The molecule has 1 heteroatoms. The van der Waals surface area contributed by atoms with Crippen LogP contribution in [-0.4, -0.2) is 5.78 Å². The summed E-state index contributed by atoms with van der Waals surface area (Å²) in [5.74, 6) is 0.166. The summed E-state index contributed by atoms with van der Waals surface area (Å²) in [4.78, 5) is 11.1. The number of carbonyl (C=O) groups is 1. The van der Waals surface area contributed by atoms with Crippen molar-refractivity contribution >= 4 is 5.78 Å². The molecular weight excluding hydrogens is 172 g/mol. The van der Waals surface area contributed by atoms with Gasteiger partial charge < -0.3 is 0 Å². The van der Waals surface area contributed by atoms with E-state index in [1.165, 1.54) is 5.56 Å². The van der Waals surface area contributed by atoms with E-state index in [4.69, 9.17) is 0 Å². The molecule has 0 radical (unpaired) electrons. The molecule has 0 N–H and O–H groups in total. The van der Waals surface area contributed by atoms with Gasteiger partial charge in [-0.3, -0.25) is 4.79 Å². The SMILES string of the molecule is CC.CCCc1ccccc1C(C)=O. The summed E-state index contributed by atoms with van der Waals surface area (Å²) in [6.07, 6.45) is 2.08. The van der Waals surface area contributed by atoms with Gasteiger partial charge in [0, 0.05) is 5.56 Å². The smallest absolute Gasteiger partial charge is 0.160 e. The average Bonchev–Trinajstić information content (AvgIpc) is 2.22. The van der Waals surface area contributed by atoms with E-state index < -0.39 is 0 Å². The van der Waals surface area contributed by atoms with Gasteiger partial charge >= 0.3 is 0 Å². The molecule has 0 heterocycles. The van der Waals surface area contributed by atoms with Crippen molar-refractivity contribution in [3.63, 3.8) is 0 Å². The second kappa shape index (κ2) is 7.31. The predicted octanol–water partition coefficient (Wildman–Crippen LogP) is 3.87. The van der Waals surface area contributed by atoms with Crippen molar-refractivity contribution in [2.24, 2.45) is 0 Å². The summed E-state index contributed by atoms with van der Waals surface area (Å²) in [5.41, 5.74) is 2.05. The molecular formula is C13H20O. The normalized spacial score (nSPS) is 8.86. The highest BCUT2D eigenvalue weighted by Crippen LogP contribution is 2.11. The maximum absolute atomic E-state index is 11.1. The van der Waals surface area contributed by atoms with Crippen LogP contribution in [0.3, 0.4) is 0 Å². The molecule has 0 atom stereocenters. The van der Waals surface area contributed by atoms with Gasteiger partial charge in [0.1, 0.15) is 0 Å². The van der Waals surface area contributed by atoms with Crippen LogP contribution in [0.1, 0.15) is 50.0 Å². The predicted molar refractivity (Wildman–Crippen MR) is 61.8 cm³/mol. The number of ketones is 1. The van der Waals surface area contributed by atoms with Gasteiger partial charge in [0.15, 0.2) is 5.78 Å². The highest BCUT2D eigenvalue weighted by atomic mass is 16.1. The summed E-state index contributed by atoms with van der Waals surface area (Å²) in [7, 11) is 0. The lowest BCUT2D eigenvalue weighted by Gasteiger charge is -2.03. The average molecular weight is 192 g/mol. The van der Waals surface area contributed by atoms with Gasteiger partial charge in [-0.05, 0) is 18.9 Å². The number of aryl methyl sites for hydroxylation is 1. The Hall–Kier alpha value is -1.11. The van der Waals surface area contributed by atoms with E-state index in [1.807, 2.05) is 38.1 Å². The van der Waals surface area contributed by atoms with E-state index in [0.717, 1.165) is 18.4 Å². The van der Waals surface area contributed by atoms with Crippen molar-refractivity contribution in [1.82, 2.24) is 0 Å². The highest BCUT2D eigenvalue weighted by Gasteiger charge is 2.03. The molecule has 0 bridgehead atoms. The van der Waals surface area contributed by atoms with Crippen LogP contribution in [0.2, 0.25) is 0 Å². The first kappa shape index (κ1) is 12.9. The van der Waals surface area contributed by atoms with E-state index in [-0.39, 0.29) is 5.78 Å². The molecule has 1 aromatic carbocycles. The fourth-order valence-corrected chi connectivity index (χ4v) is 1.35. The Bertz CT molecular complexity index is 276. The van der Waals surface area contributed by atoms with Gasteiger partial charge in [-0.1, -0.05) is 51.5 Å². The van der Waals surface area contributed by atoms with Crippen LogP contribution in [-0.2, 0) is 6.42 Å². The van der Waals surface area contributed by atoms with E-state index in [1.54, 1.807) is 6.92 Å². The molecule has 0 aromatic heterocycles. The third-order valence-corrected chi connectivity index (χ3v) is 1.92. The van der Waals surface area contributed by atoms with Crippen molar-refractivity contribution in [2.75, 3.05) is 0 Å². The molecule has 0 amide bonds. The number of benzene rings is 1. The van der Waals surface area contributed by atoms with Crippen LogP contribution >= 0.6 is 0 Å². The first-order chi connectivity index (χ1) is 6.75. The number of rotatable bonds is 3. The van der Waals surface area contributed by atoms with E-state index in [2.05, 4.69) is 6.92 Å². The topological polar surface area (TPSA) is 17.1 Å². The Morgan fingerprint density at radius 2 is 1.79 bits per heavy atom. The summed E-state index contributed by atoms with van der Waals surface area (Å²) >= 11 is 0. The molecule has 0 saturated carbocycles. The zero-order valence-electron chi connectivity index (χ0n) is 9.63. The molecule has 1 aromatic rings. The van der Waals surface area contributed by atoms with Crippen LogP contribution in [0.4, 0.5) is 0 Å². The zero-order chi connectivity index (χ0) is 11.0. The third-order valence-electron chi connectivity index (χ3n) is 1.92. The number of hydrogen-bond donors (Lipinski definition) is 0. The fourth-order valence-electron chi connectivity index (χ4n) is 1.35. The zero-order valence-corrected chi connectivity index (χ0v) is 9.63. The van der Waals surface area contributed by atoms with Crippen molar-refractivity contribution < 1.29 is 4.79 Å². The second-order valence-electron chi connectivity index (χ2n) is 2.96. The Kier molecular flexibility index (Phi) is 6.73. The molecule has 78 valence electrons. The Balaban J connectivity index is 0.000000791. The van der Waals surface area contributed by atoms with Crippen molar-refractivity contribution in [2.45, 2.75) is 40.5 Å². The Morgan fingerprint density at radius 1 is 1.21 bits per heavy atom. The first-order valence-corrected chi connectivity index (χ1v) is 5.34.